The maximum absolute atomic E-state index is 12.2. The molecule has 0 aliphatic heterocycles. The lowest BCUT2D eigenvalue weighted by atomic mass is 9.85. The quantitative estimate of drug-likeness (QED) is 0.719. The van der Waals surface area contributed by atoms with Gasteiger partial charge in [0.2, 0.25) is 0 Å². The minimum Gasteiger partial charge on any atom is -0.460 e. The average Bonchev–Trinajstić information content (AvgIpc) is 2.27. The third-order valence-electron chi connectivity index (χ3n) is 3.45. The molecule has 0 saturated heterocycles. The minimum atomic E-state index is -0.433. The molecule has 0 radical (unpaired) electrons. The molecule has 0 amide bonds. The zero-order valence-corrected chi connectivity index (χ0v) is 14.8. The molecule has 0 spiro atoms. The molecule has 2 nitrogen and oxygen atoms in total. The van der Waals surface area contributed by atoms with E-state index in [2.05, 4.69) is 46.8 Å². The third kappa shape index (κ3) is 5.18. The van der Waals surface area contributed by atoms with E-state index in [-0.39, 0.29) is 5.97 Å². The van der Waals surface area contributed by atoms with Crippen molar-refractivity contribution in [1.82, 2.24) is 0 Å². The molecular weight excluding hydrogens is 260 g/mol. The molecule has 0 atom stereocenters. The number of aryl methyl sites for hydroxylation is 1. The smallest absolute Gasteiger partial charge is 0.310 e. The van der Waals surface area contributed by atoms with E-state index >= 15 is 0 Å². The molecule has 0 unspecified atom stereocenters. The van der Waals surface area contributed by atoms with E-state index in [1.165, 1.54) is 16.7 Å². The fourth-order valence-electron chi connectivity index (χ4n) is 2.63. The van der Waals surface area contributed by atoms with Gasteiger partial charge in [0.15, 0.2) is 0 Å². The Morgan fingerprint density at radius 1 is 1.05 bits per heavy atom. The highest BCUT2D eigenvalue weighted by atomic mass is 16.6. The molecule has 0 saturated carbocycles. The minimum absolute atomic E-state index is 0.143. The van der Waals surface area contributed by atoms with Gasteiger partial charge in [0.25, 0.3) is 0 Å². The molecule has 0 bridgehead atoms. The van der Waals surface area contributed by atoms with Crippen molar-refractivity contribution in [3.8, 4) is 0 Å². The SMILES string of the molecule is Cc1cc(C(C)C)c(CC(=O)OC(C)(C)C)c(C(C)C)c1. The van der Waals surface area contributed by atoms with Crippen LogP contribution in [0.25, 0.3) is 0 Å². The highest BCUT2D eigenvalue weighted by Gasteiger charge is 2.21. The molecule has 0 heterocycles. The number of ether oxygens (including phenoxy) is 1. The summed E-state index contributed by atoms with van der Waals surface area (Å²) in [5, 5.41) is 0. The normalized spacial score (nSPS) is 12.1. The van der Waals surface area contributed by atoms with Crippen LogP contribution in [0.2, 0.25) is 0 Å². The fourth-order valence-corrected chi connectivity index (χ4v) is 2.63. The van der Waals surface area contributed by atoms with Gasteiger partial charge in [-0.25, -0.2) is 0 Å². The van der Waals surface area contributed by atoms with Crippen LogP contribution in [-0.2, 0) is 16.0 Å². The maximum atomic E-state index is 12.2. The Kier molecular flexibility index (Phi) is 5.61. The molecule has 0 fully saturated rings. The van der Waals surface area contributed by atoms with E-state index in [9.17, 15) is 4.79 Å². The summed E-state index contributed by atoms with van der Waals surface area (Å²) in [5.41, 5.74) is 4.52. The second-order valence-electron chi connectivity index (χ2n) is 7.49. The molecule has 2 heteroatoms. The predicted molar refractivity (Wildman–Crippen MR) is 88.9 cm³/mol. The molecule has 0 N–H and O–H groups in total. The number of carbonyl (C=O) groups excluding carboxylic acids is 1. The fraction of sp³-hybridized carbons (Fsp3) is 0.632. The van der Waals surface area contributed by atoms with E-state index in [1.807, 2.05) is 20.8 Å². The second-order valence-corrected chi connectivity index (χ2v) is 7.49. The van der Waals surface area contributed by atoms with Crippen LogP contribution < -0.4 is 0 Å². The number of hydrogen-bond donors (Lipinski definition) is 0. The van der Waals surface area contributed by atoms with Crippen molar-refractivity contribution in [3.05, 3.63) is 34.4 Å². The van der Waals surface area contributed by atoms with Crippen LogP contribution in [0.3, 0.4) is 0 Å². The highest BCUT2D eigenvalue weighted by Crippen LogP contribution is 2.30. The van der Waals surface area contributed by atoms with Crippen LogP contribution >= 0.6 is 0 Å². The van der Waals surface area contributed by atoms with E-state index in [0.717, 1.165) is 5.56 Å². The molecule has 0 aliphatic carbocycles. The van der Waals surface area contributed by atoms with Crippen LogP contribution in [0, 0.1) is 6.92 Å². The number of hydrogen-bond acceptors (Lipinski definition) is 2. The molecule has 0 aromatic heterocycles. The van der Waals surface area contributed by atoms with Crippen molar-refractivity contribution in [2.75, 3.05) is 0 Å². The van der Waals surface area contributed by atoms with Crippen molar-refractivity contribution < 1.29 is 9.53 Å². The van der Waals surface area contributed by atoms with Gasteiger partial charge in [0.1, 0.15) is 5.60 Å². The molecule has 1 aromatic rings. The van der Waals surface area contributed by atoms with Crippen LogP contribution in [-0.4, -0.2) is 11.6 Å². The Labute approximate surface area is 129 Å². The Bertz CT molecular complexity index is 476. The van der Waals surface area contributed by atoms with Gasteiger partial charge in [0, 0.05) is 0 Å². The van der Waals surface area contributed by atoms with E-state index in [1.54, 1.807) is 0 Å². The second kappa shape index (κ2) is 6.64. The number of esters is 1. The molecule has 0 aliphatic rings. The van der Waals surface area contributed by atoms with Crippen molar-refractivity contribution in [1.29, 1.82) is 0 Å². The lowest BCUT2D eigenvalue weighted by Gasteiger charge is -2.23. The van der Waals surface area contributed by atoms with Gasteiger partial charge in [-0.05, 0) is 56.2 Å². The Balaban J connectivity index is 3.22. The number of carbonyl (C=O) groups is 1. The summed E-state index contributed by atoms with van der Waals surface area (Å²) in [6, 6.07) is 4.41. The summed E-state index contributed by atoms with van der Waals surface area (Å²) in [6.07, 6.45) is 0.360. The Morgan fingerprint density at radius 3 is 1.81 bits per heavy atom. The highest BCUT2D eigenvalue weighted by molar-refractivity contribution is 5.74. The first-order chi connectivity index (χ1) is 9.51. The summed E-state index contributed by atoms with van der Waals surface area (Å²) in [7, 11) is 0. The van der Waals surface area contributed by atoms with E-state index < -0.39 is 5.60 Å². The first-order valence-corrected chi connectivity index (χ1v) is 7.86. The Morgan fingerprint density at radius 2 is 1.48 bits per heavy atom. The standard InChI is InChI=1S/C19H30O2/c1-12(2)15-9-14(5)10-16(13(3)4)17(15)11-18(20)21-19(6,7)8/h9-10,12-13H,11H2,1-8H3. The summed E-state index contributed by atoms with van der Waals surface area (Å²) in [6.45, 7) is 16.6. The lowest BCUT2D eigenvalue weighted by molar-refractivity contribution is -0.153. The zero-order chi connectivity index (χ0) is 16.4. The third-order valence-corrected chi connectivity index (χ3v) is 3.45. The first kappa shape index (κ1) is 17.7. The molecule has 1 aromatic carbocycles. The summed E-state index contributed by atoms with van der Waals surface area (Å²) in [5.74, 6) is 0.662. The van der Waals surface area contributed by atoms with Crippen molar-refractivity contribution in [2.24, 2.45) is 0 Å². The van der Waals surface area contributed by atoms with Crippen molar-refractivity contribution in [2.45, 2.75) is 79.2 Å². The van der Waals surface area contributed by atoms with Crippen LogP contribution in [0.5, 0.6) is 0 Å². The zero-order valence-electron chi connectivity index (χ0n) is 14.8. The van der Waals surface area contributed by atoms with Crippen molar-refractivity contribution >= 4 is 5.97 Å². The van der Waals surface area contributed by atoms with Crippen LogP contribution in [0.1, 0.15) is 82.6 Å². The lowest BCUT2D eigenvalue weighted by Crippen LogP contribution is -2.25. The van der Waals surface area contributed by atoms with Gasteiger partial charge in [0.05, 0.1) is 6.42 Å². The topological polar surface area (TPSA) is 26.3 Å². The molecule has 1 rings (SSSR count). The van der Waals surface area contributed by atoms with Gasteiger partial charge in [-0.1, -0.05) is 45.4 Å². The van der Waals surface area contributed by atoms with Gasteiger partial charge in [-0.15, -0.1) is 0 Å². The number of rotatable bonds is 4. The average molecular weight is 290 g/mol. The van der Waals surface area contributed by atoms with E-state index in [4.69, 9.17) is 4.74 Å². The largest absolute Gasteiger partial charge is 0.460 e. The number of benzene rings is 1. The first-order valence-electron chi connectivity index (χ1n) is 7.86. The van der Waals surface area contributed by atoms with Crippen LogP contribution in [0.4, 0.5) is 0 Å². The summed E-state index contributed by atoms with van der Waals surface area (Å²) >= 11 is 0. The van der Waals surface area contributed by atoms with Gasteiger partial charge < -0.3 is 4.74 Å². The Hall–Kier alpha value is -1.31. The van der Waals surface area contributed by atoms with Gasteiger partial charge in [-0.3, -0.25) is 4.79 Å². The molecule has 118 valence electrons. The summed E-state index contributed by atoms with van der Waals surface area (Å²) in [4.78, 5) is 12.2. The monoisotopic (exact) mass is 290 g/mol. The van der Waals surface area contributed by atoms with Crippen molar-refractivity contribution in [3.63, 3.8) is 0 Å². The predicted octanol–water partition coefficient (Wildman–Crippen LogP) is 5.13. The maximum Gasteiger partial charge on any atom is 0.310 e. The van der Waals surface area contributed by atoms with Crippen LogP contribution in [0.15, 0.2) is 12.1 Å². The van der Waals surface area contributed by atoms with Gasteiger partial charge >= 0.3 is 5.97 Å². The molecular formula is C19H30O2. The molecule has 21 heavy (non-hydrogen) atoms. The summed E-state index contributed by atoms with van der Waals surface area (Å²) < 4.78 is 5.50. The van der Waals surface area contributed by atoms with E-state index in [0.29, 0.717) is 18.3 Å². The van der Waals surface area contributed by atoms with Gasteiger partial charge in [-0.2, -0.15) is 0 Å².